The van der Waals surface area contributed by atoms with Gasteiger partial charge in [-0.2, -0.15) is 5.10 Å². The van der Waals surface area contributed by atoms with Gasteiger partial charge in [-0.25, -0.2) is 14.8 Å². The van der Waals surface area contributed by atoms with E-state index >= 15 is 0 Å². The molecule has 0 unspecified atom stereocenters. The molecule has 8 heteroatoms. The zero-order chi connectivity index (χ0) is 24.1. The number of aromatic nitrogens is 4. The number of aliphatic carboxylic acids is 1. The number of aromatic amines is 1. The lowest BCUT2D eigenvalue weighted by Crippen LogP contribution is -2.24. The van der Waals surface area contributed by atoms with Crippen molar-refractivity contribution in [2.24, 2.45) is 11.1 Å². The summed E-state index contributed by atoms with van der Waals surface area (Å²) in [5.41, 5.74) is 8.94. The van der Waals surface area contributed by atoms with E-state index in [0.29, 0.717) is 30.2 Å². The van der Waals surface area contributed by atoms with Crippen molar-refractivity contribution < 1.29 is 9.90 Å². The van der Waals surface area contributed by atoms with Crippen molar-refractivity contribution >= 4 is 17.4 Å². The number of anilines is 1. The second kappa shape index (κ2) is 10.1. The topological polar surface area (TPSA) is 121 Å². The number of carboxylic acids is 1. The summed E-state index contributed by atoms with van der Waals surface area (Å²) in [6, 6.07) is 1.86. The van der Waals surface area contributed by atoms with E-state index < -0.39 is 11.4 Å². The highest BCUT2D eigenvalue weighted by Crippen LogP contribution is 2.36. The Labute approximate surface area is 189 Å². The lowest BCUT2D eigenvalue weighted by molar-refractivity contribution is -0.132. The number of nitrogens with one attached hydrogen (secondary N) is 1. The highest BCUT2D eigenvalue weighted by molar-refractivity contribution is 5.95. The third-order valence-corrected chi connectivity index (χ3v) is 4.82. The van der Waals surface area contributed by atoms with Gasteiger partial charge in [0.1, 0.15) is 11.5 Å². The van der Waals surface area contributed by atoms with Gasteiger partial charge in [0.25, 0.3) is 0 Å². The van der Waals surface area contributed by atoms with Gasteiger partial charge in [-0.1, -0.05) is 59.9 Å². The maximum absolute atomic E-state index is 11.7. The van der Waals surface area contributed by atoms with E-state index in [1.807, 2.05) is 46.8 Å². The number of nitrogens with two attached hydrogens (primary N) is 1. The van der Waals surface area contributed by atoms with Gasteiger partial charge >= 0.3 is 5.97 Å². The SMILES string of the molecule is C=C/C=C1/CN(c2cc(-c3cn[nH]c3)nc(/C(=C(\N)C(=O)O)C(C)(C)C)n2)CC1=C.CC. The number of carbonyl (C=O) groups is 1. The van der Waals surface area contributed by atoms with Gasteiger partial charge in [0, 0.05) is 36.5 Å². The molecule has 0 amide bonds. The van der Waals surface area contributed by atoms with Gasteiger partial charge in [-0.3, -0.25) is 5.10 Å². The fourth-order valence-corrected chi connectivity index (χ4v) is 3.39. The van der Waals surface area contributed by atoms with Crippen LogP contribution >= 0.6 is 0 Å². The van der Waals surface area contributed by atoms with E-state index in [2.05, 4.69) is 33.2 Å². The van der Waals surface area contributed by atoms with Gasteiger partial charge in [0.15, 0.2) is 5.82 Å². The van der Waals surface area contributed by atoms with Crippen LogP contribution in [0.1, 0.15) is 40.4 Å². The minimum absolute atomic E-state index is 0.268. The van der Waals surface area contributed by atoms with Crippen LogP contribution in [0, 0.1) is 5.41 Å². The molecule has 0 radical (unpaired) electrons. The largest absolute Gasteiger partial charge is 0.477 e. The molecule has 2 aromatic heterocycles. The zero-order valence-corrected chi connectivity index (χ0v) is 19.4. The smallest absolute Gasteiger partial charge is 0.352 e. The molecule has 3 heterocycles. The molecule has 8 nitrogen and oxygen atoms in total. The first-order chi connectivity index (χ1) is 15.1. The summed E-state index contributed by atoms with van der Waals surface area (Å²) in [5, 5.41) is 16.3. The molecule has 4 N–H and O–H groups in total. The summed E-state index contributed by atoms with van der Waals surface area (Å²) in [6.07, 6.45) is 7.05. The van der Waals surface area contributed by atoms with E-state index in [0.717, 1.165) is 16.7 Å². The summed E-state index contributed by atoms with van der Waals surface area (Å²) < 4.78 is 0. The molecular formula is C24H32N6O2. The number of hydrogen-bond donors (Lipinski definition) is 3. The van der Waals surface area contributed by atoms with E-state index in [9.17, 15) is 9.90 Å². The first kappa shape index (κ1) is 24.6. The Morgan fingerprint density at radius 1 is 1.28 bits per heavy atom. The van der Waals surface area contributed by atoms with Crippen molar-refractivity contribution in [3.05, 3.63) is 66.4 Å². The van der Waals surface area contributed by atoms with Crippen LogP contribution < -0.4 is 10.6 Å². The molecule has 0 aromatic carbocycles. The normalized spacial score (nSPS) is 15.8. The Morgan fingerprint density at radius 3 is 2.50 bits per heavy atom. The third-order valence-electron chi connectivity index (χ3n) is 4.82. The molecule has 1 aliphatic rings. The predicted molar refractivity (Wildman–Crippen MR) is 129 cm³/mol. The standard InChI is InChI=1S/C22H26N6O2.C2H6/c1-6-7-14-12-28(11-13(14)2)17-8-16(15-9-24-25-10-15)26-20(27-17)18(22(3,4)5)19(23)21(29)30;1-2/h6-10H,1-2,11-12,23H2,3-5H3,(H,24,25)(H,29,30);1-2H3/b14-7-,19-18+;. The maximum atomic E-state index is 11.7. The number of nitrogens with zero attached hydrogens (tertiary/aromatic N) is 4. The van der Waals surface area contributed by atoms with Crippen molar-refractivity contribution in [2.45, 2.75) is 34.6 Å². The summed E-state index contributed by atoms with van der Waals surface area (Å²) in [4.78, 5) is 23.1. The van der Waals surface area contributed by atoms with Crippen LogP contribution in [0.3, 0.4) is 0 Å². The second-order valence-corrected chi connectivity index (χ2v) is 8.15. The summed E-state index contributed by atoms with van der Waals surface area (Å²) >= 11 is 0. The molecule has 170 valence electrons. The molecule has 0 saturated carbocycles. The molecule has 0 aliphatic carbocycles. The molecule has 32 heavy (non-hydrogen) atoms. The second-order valence-electron chi connectivity index (χ2n) is 8.15. The molecule has 3 rings (SSSR count). The molecule has 2 aromatic rings. The number of H-pyrrole nitrogens is 1. The quantitative estimate of drug-likeness (QED) is 0.601. The van der Waals surface area contributed by atoms with Crippen LogP contribution in [0.4, 0.5) is 5.82 Å². The highest BCUT2D eigenvalue weighted by Gasteiger charge is 2.29. The van der Waals surface area contributed by atoms with Crippen molar-refractivity contribution in [3.63, 3.8) is 0 Å². The first-order valence-corrected chi connectivity index (χ1v) is 10.5. The van der Waals surface area contributed by atoms with Gasteiger partial charge in [-0.05, 0) is 16.6 Å². The number of allylic oxidation sites excluding steroid dienone is 3. The molecule has 1 fully saturated rings. The van der Waals surface area contributed by atoms with Crippen LogP contribution in [0.25, 0.3) is 16.8 Å². The molecule has 1 aliphatic heterocycles. The Kier molecular flexibility index (Phi) is 7.75. The minimum Gasteiger partial charge on any atom is -0.477 e. The van der Waals surface area contributed by atoms with Gasteiger partial charge in [-0.15, -0.1) is 0 Å². The van der Waals surface area contributed by atoms with E-state index in [1.165, 1.54) is 0 Å². The van der Waals surface area contributed by atoms with Crippen LogP contribution in [0.2, 0.25) is 0 Å². The fourth-order valence-electron chi connectivity index (χ4n) is 3.39. The van der Waals surface area contributed by atoms with Crippen LogP contribution in [0.5, 0.6) is 0 Å². The summed E-state index contributed by atoms with van der Waals surface area (Å²) in [6.45, 7) is 18.8. The number of rotatable bonds is 5. The van der Waals surface area contributed by atoms with Gasteiger partial charge < -0.3 is 15.7 Å². The maximum Gasteiger partial charge on any atom is 0.352 e. The predicted octanol–water partition coefficient (Wildman–Crippen LogP) is 4.18. The van der Waals surface area contributed by atoms with Gasteiger partial charge in [0.05, 0.1) is 11.9 Å². The van der Waals surface area contributed by atoms with E-state index in [4.69, 9.17) is 10.7 Å². The molecule has 0 bridgehead atoms. The number of carboxylic acid groups (broad SMARTS) is 1. The van der Waals surface area contributed by atoms with E-state index in [1.54, 1.807) is 18.5 Å². The monoisotopic (exact) mass is 436 g/mol. The average Bonchev–Trinajstić information content (AvgIpc) is 3.39. The average molecular weight is 437 g/mol. The number of hydrogen-bond acceptors (Lipinski definition) is 6. The Bertz CT molecular complexity index is 1060. The van der Waals surface area contributed by atoms with Crippen molar-refractivity contribution in [1.82, 2.24) is 20.2 Å². The van der Waals surface area contributed by atoms with Crippen molar-refractivity contribution in [3.8, 4) is 11.3 Å². The van der Waals surface area contributed by atoms with E-state index in [-0.39, 0.29) is 11.5 Å². The molecule has 1 saturated heterocycles. The summed E-state index contributed by atoms with van der Waals surface area (Å²) in [7, 11) is 0. The van der Waals surface area contributed by atoms with Crippen molar-refractivity contribution in [1.29, 1.82) is 0 Å². The van der Waals surface area contributed by atoms with Gasteiger partial charge in [0.2, 0.25) is 0 Å². The van der Waals surface area contributed by atoms with Crippen LogP contribution in [-0.2, 0) is 4.79 Å². The zero-order valence-electron chi connectivity index (χ0n) is 19.4. The fraction of sp³-hybridized carbons (Fsp3) is 0.333. The Morgan fingerprint density at radius 2 is 1.97 bits per heavy atom. The Balaban J connectivity index is 0.00000176. The van der Waals surface area contributed by atoms with Crippen LogP contribution in [0.15, 0.2) is 60.6 Å². The Hall–Kier alpha value is -3.68. The minimum atomic E-state index is -1.20. The van der Waals surface area contributed by atoms with Crippen molar-refractivity contribution in [2.75, 3.05) is 18.0 Å². The molecule has 0 spiro atoms. The highest BCUT2D eigenvalue weighted by atomic mass is 16.4. The lowest BCUT2D eigenvalue weighted by Gasteiger charge is -2.25. The third kappa shape index (κ3) is 5.32. The lowest BCUT2D eigenvalue weighted by atomic mass is 9.84. The van der Waals surface area contributed by atoms with Crippen LogP contribution in [-0.4, -0.2) is 44.3 Å². The first-order valence-electron chi connectivity index (χ1n) is 10.5. The molecular weight excluding hydrogens is 404 g/mol. The summed E-state index contributed by atoms with van der Waals surface area (Å²) in [5.74, 6) is -0.267. The molecule has 0 atom stereocenters.